The molecule has 0 unspecified atom stereocenters. The molecule has 0 fully saturated rings. The lowest BCUT2D eigenvalue weighted by molar-refractivity contribution is -0.384. The molecule has 0 saturated carbocycles. The maximum absolute atomic E-state index is 13.2. The summed E-state index contributed by atoms with van der Waals surface area (Å²) in [7, 11) is 1.24. The molecule has 13 nitrogen and oxygen atoms in total. The number of nitro groups is 1. The number of methoxy groups -OCH3 is 1. The van der Waals surface area contributed by atoms with Gasteiger partial charge in [-0.15, -0.1) is 0 Å². The topological polar surface area (TPSA) is 195 Å². The number of ether oxygens (including phenoxy) is 1. The average molecular weight is 585 g/mol. The van der Waals surface area contributed by atoms with Crippen molar-refractivity contribution >= 4 is 35.2 Å². The Morgan fingerprint density at radius 2 is 1.50 bits per heavy atom. The number of urea groups is 1. The Kier molecular flexibility index (Phi) is 14.5. The molecule has 0 aliphatic carbocycles. The molecule has 2 aromatic rings. The third kappa shape index (κ3) is 11.5. The molecule has 2 rings (SSSR count). The van der Waals surface area contributed by atoms with Crippen molar-refractivity contribution in [2.24, 2.45) is 5.73 Å². The van der Waals surface area contributed by atoms with E-state index in [-0.39, 0.29) is 12.1 Å². The summed E-state index contributed by atoms with van der Waals surface area (Å²) in [5.74, 6) is -1.69. The van der Waals surface area contributed by atoms with Crippen molar-refractivity contribution in [1.82, 2.24) is 16.0 Å². The van der Waals surface area contributed by atoms with Crippen molar-refractivity contribution in [2.45, 2.75) is 70.0 Å². The van der Waals surface area contributed by atoms with Gasteiger partial charge < -0.3 is 31.7 Å². The van der Waals surface area contributed by atoms with Gasteiger partial charge in [0.05, 0.1) is 12.0 Å². The monoisotopic (exact) mass is 584 g/mol. The van der Waals surface area contributed by atoms with Crippen LogP contribution >= 0.6 is 0 Å². The fourth-order valence-electron chi connectivity index (χ4n) is 4.15. The predicted molar refractivity (Wildman–Crippen MR) is 157 cm³/mol. The minimum absolute atomic E-state index is 0.128. The van der Waals surface area contributed by atoms with Crippen molar-refractivity contribution < 1.29 is 28.8 Å². The minimum atomic E-state index is -1.04. The molecular formula is C29H40N6O7. The number of benzene rings is 2. The molecule has 0 saturated heterocycles. The number of nitro benzene ring substituents is 1. The Balaban J connectivity index is 2.16. The summed E-state index contributed by atoms with van der Waals surface area (Å²) in [5, 5.41) is 21.6. The number of hydrogen-bond acceptors (Lipinski definition) is 8. The Bertz CT molecular complexity index is 1180. The molecule has 0 bridgehead atoms. The fourth-order valence-corrected chi connectivity index (χ4v) is 4.15. The zero-order chi connectivity index (χ0) is 30.9. The third-order valence-corrected chi connectivity index (χ3v) is 6.47. The molecule has 4 amide bonds. The first kappa shape index (κ1) is 33.7. The maximum atomic E-state index is 13.2. The molecule has 13 heteroatoms. The first-order valence-corrected chi connectivity index (χ1v) is 13.9. The van der Waals surface area contributed by atoms with E-state index in [4.69, 9.17) is 10.5 Å². The SMILES string of the molecule is CCCC[C@@H](NC(=O)N[C@@H](Cc1ccccc1)C(=O)Nc1ccc([N+](=O)[O-])cc1)C(=O)N[C@@H](CCCCN)C(=O)OC. The Morgan fingerprint density at radius 3 is 2.10 bits per heavy atom. The maximum Gasteiger partial charge on any atom is 0.328 e. The summed E-state index contributed by atoms with van der Waals surface area (Å²) in [6.45, 7) is 2.39. The number of carbonyl (C=O) groups is 4. The second kappa shape index (κ2) is 18.0. The van der Waals surface area contributed by atoms with Gasteiger partial charge in [-0.3, -0.25) is 19.7 Å². The van der Waals surface area contributed by atoms with Crippen LogP contribution in [0.2, 0.25) is 0 Å². The Hall–Kier alpha value is -4.52. The second-order valence-corrected chi connectivity index (χ2v) is 9.72. The first-order valence-electron chi connectivity index (χ1n) is 13.9. The molecule has 3 atom stereocenters. The third-order valence-electron chi connectivity index (χ3n) is 6.47. The Morgan fingerprint density at radius 1 is 0.857 bits per heavy atom. The van der Waals surface area contributed by atoms with Crippen LogP contribution in [0.4, 0.5) is 16.2 Å². The van der Waals surface area contributed by atoms with E-state index in [9.17, 15) is 29.3 Å². The van der Waals surface area contributed by atoms with E-state index in [1.807, 2.05) is 13.0 Å². The summed E-state index contributed by atoms with van der Waals surface area (Å²) < 4.78 is 4.83. The number of amides is 4. The van der Waals surface area contributed by atoms with Crippen LogP contribution in [0.1, 0.15) is 51.0 Å². The van der Waals surface area contributed by atoms with Crippen LogP contribution in [0.15, 0.2) is 54.6 Å². The van der Waals surface area contributed by atoms with Crippen molar-refractivity contribution in [2.75, 3.05) is 19.0 Å². The number of nitrogens with two attached hydrogens (primary N) is 1. The van der Waals surface area contributed by atoms with E-state index < -0.39 is 46.9 Å². The fraction of sp³-hybridized carbons (Fsp3) is 0.448. The minimum Gasteiger partial charge on any atom is -0.467 e. The van der Waals surface area contributed by atoms with Gasteiger partial charge in [0.25, 0.3) is 5.69 Å². The molecular weight excluding hydrogens is 544 g/mol. The Labute approximate surface area is 245 Å². The largest absolute Gasteiger partial charge is 0.467 e. The van der Waals surface area contributed by atoms with Crippen LogP contribution < -0.4 is 27.0 Å². The summed E-state index contributed by atoms with van der Waals surface area (Å²) in [6, 6.07) is 10.7. The van der Waals surface area contributed by atoms with Crippen molar-refractivity contribution in [1.29, 1.82) is 0 Å². The van der Waals surface area contributed by atoms with Crippen LogP contribution in [0.3, 0.4) is 0 Å². The number of nitrogens with zero attached hydrogens (tertiary/aromatic N) is 1. The van der Waals surface area contributed by atoms with E-state index in [1.165, 1.54) is 31.4 Å². The molecule has 0 radical (unpaired) electrons. The highest BCUT2D eigenvalue weighted by atomic mass is 16.6. The summed E-state index contributed by atoms with van der Waals surface area (Å²) in [5.41, 5.74) is 6.51. The van der Waals surface area contributed by atoms with Crippen molar-refractivity contribution in [3.8, 4) is 0 Å². The molecule has 0 aliphatic heterocycles. The molecule has 0 spiro atoms. The zero-order valence-electron chi connectivity index (χ0n) is 24.0. The van der Waals surface area contributed by atoms with Gasteiger partial charge in [0.15, 0.2) is 0 Å². The summed E-state index contributed by atoms with van der Waals surface area (Å²) in [6.07, 6.45) is 3.46. The molecule has 0 aliphatic rings. The number of hydrogen-bond donors (Lipinski definition) is 5. The number of carbonyl (C=O) groups excluding carboxylic acids is 4. The van der Waals surface area contributed by atoms with Crippen LogP contribution in [-0.4, -0.2) is 60.5 Å². The van der Waals surface area contributed by atoms with Gasteiger partial charge in [-0.2, -0.15) is 0 Å². The second-order valence-electron chi connectivity index (χ2n) is 9.72. The van der Waals surface area contributed by atoms with Crippen LogP contribution in [0.5, 0.6) is 0 Å². The van der Waals surface area contributed by atoms with Gasteiger partial charge in [0.1, 0.15) is 18.1 Å². The predicted octanol–water partition coefficient (Wildman–Crippen LogP) is 2.79. The highest BCUT2D eigenvalue weighted by molar-refractivity contribution is 5.98. The number of rotatable bonds is 17. The number of anilines is 1. The van der Waals surface area contributed by atoms with Gasteiger partial charge in [0, 0.05) is 24.2 Å². The lowest BCUT2D eigenvalue weighted by atomic mass is 10.0. The van der Waals surface area contributed by atoms with Crippen LogP contribution in [0, 0.1) is 10.1 Å². The molecule has 228 valence electrons. The summed E-state index contributed by atoms with van der Waals surface area (Å²) >= 11 is 0. The molecule has 0 heterocycles. The van der Waals surface area contributed by atoms with E-state index in [0.29, 0.717) is 44.3 Å². The first-order chi connectivity index (χ1) is 20.2. The highest BCUT2D eigenvalue weighted by Crippen LogP contribution is 2.16. The number of non-ortho nitro benzene ring substituents is 1. The van der Waals surface area contributed by atoms with Gasteiger partial charge in [-0.1, -0.05) is 50.1 Å². The van der Waals surface area contributed by atoms with Crippen LogP contribution in [-0.2, 0) is 25.5 Å². The van der Waals surface area contributed by atoms with E-state index in [2.05, 4.69) is 21.3 Å². The van der Waals surface area contributed by atoms with Crippen LogP contribution in [0.25, 0.3) is 0 Å². The lowest BCUT2D eigenvalue weighted by Crippen LogP contribution is -2.56. The number of nitrogens with one attached hydrogen (secondary N) is 4. The standard InChI is InChI=1S/C29H40N6O7/c1-3-4-12-23(26(36)32-24(28(38)42-2)13-8-9-18-30)33-29(39)34-25(19-20-10-6-5-7-11-20)27(37)31-21-14-16-22(17-15-21)35(40)41/h5-7,10-11,14-17,23-25H,3-4,8-9,12-13,18-19,30H2,1-2H3,(H,31,37)(H,32,36)(H2,33,34,39)/t23-,24+,25+/m1/s1. The van der Waals surface area contributed by atoms with E-state index >= 15 is 0 Å². The molecule has 42 heavy (non-hydrogen) atoms. The normalized spacial score (nSPS) is 12.7. The quantitative estimate of drug-likeness (QED) is 0.0810. The summed E-state index contributed by atoms with van der Waals surface area (Å²) in [4.78, 5) is 62.1. The zero-order valence-corrected chi connectivity index (χ0v) is 24.0. The number of esters is 1. The molecule has 2 aromatic carbocycles. The van der Waals surface area contributed by atoms with Gasteiger partial charge in [-0.05, 0) is 49.9 Å². The van der Waals surface area contributed by atoms with Crippen molar-refractivity contribution in [3.63, 3.8) is 0 Å². The smallest absolute Gasteiger partial charge is 0.328 e. The van der Waals surface area contributed by atoms with Gasteiger partial charge in [0.2, 0.25) is 11.8 Å². The van der Waals surface area contributed by atoms with Crippen molar-refractivity contribution in [3.05, 3.63) is 70.3 Å². The average Bonchev–Trinajstić information content (AvgIpc) is 2.98. The van der Waals surface area contributed by atoms with Gasteiger partial charge in [-0.25, -0.2) is 9.59 Å². The lowest BCUT2D eigenvalue weighted by Gasteiger charge is -2.24. The number of unbranched alkanes of at least 4 members (excludes halogenated alkanes) is 2. The highest BCUT2D eigenvalue weighted by Gasteiger charge is 2.28. The van der Waals surface area contributed by atoms with E-state index in [0.717, 1.165) is 12.0 Å². The van der Waals surface area contributed by atoms with Gasteiger partial charge >= 0.3 is 12.0 Å². The van der Waals surface area contributed by atoms with E-state index in [1.54, 1.807) is 24.3 Å². The molecule has 0 aromatic heterocycles. The molecule has 6 N–H and O–H groups in total.